The Balaban J connectivity index is 2.22. The number of rotatable bonds is 2. The van der Waals surface area contributed by atoms with Gasteiger partial charge in [-0.05, 0) is 56.7 Å². The molecule has 4 rings (SSSR count). The number of thiophene rings is 1. The molecule has 0 unspecified atom stereocenters. The van der Waals surface area contributed by atoms with Crippen molar-refractivity contribution in [3.63, 3.8) is 0 Å². The fraction of sp³-hybridized carbons (Fsp3) is 0.300. The summed E-state index contributed by atoms with van der Waals surface area (Å²) in [5.74, 6) is -0.564. The Kier molecular flexibility index (Phi) is 3.99. The van der Waals surface area contributed by atoms with E-state index in [1.54, 1.807) is 19.1 Å². The maximum Gasteiger partial charge on any atom is 0.265 e. The number of aromatic nitrogens is 1. The summed E-state index contributed by atoms with van der Waals surface area (Å²) < 4.78 is 1.93. The molecular formula is C20H21N3O3S. The van der Waals surface area contributed by atoms with Gasteiger partial charge in [-0.2, -0.15) is 0 Å². The summed E-state index contributed by atoms with van der Waals surface area (Å²) in [4.78, 5) is 26.9. The number of carbonyl (C=O) groups excluding carboxylic acids is 1. The highest BCUT2D eigenvalue weighted by Crippen LogP contribution is 2.39. The second-order valence-electron chi connectivity index (χ2n) is 7.06. The third-order valence-electron chi connectivity index (χ3n) is 5.39. The fourth-order valence-corrected chi connectivity index (χ4v) is 5.49. The molecule has 0 fully saturated rings. The molecular weight excluding hydrogens is 362 g/mol. The Morgan fingerprint density at radius 3 is 2.63 bits per heavy atom. The average molecular weight is 383 g/mol. The number of anilines is 1. The van der Waals surface area contributed by atoms with E-state index < -0.39 is 5.91 Å². The van der Waals surface area contributed by atoms with Crippen LogP contribution in [0, 0.1) is 13.8 Å². The number of primary amides is 1. The molecule has 6 nitrogen and oxygen atoms in total. The van der Waals surface area contributed by atoms with Gasteiger partial charge in [0.1, 0.15) is 11.6 Å². The Morgan fingerprint density at radius 1 is 1.22 bits per heavy atom. The standard InChI is InChI=1S/C20H21N3O3S/c1-9-7-8-12(24)10(2)16(9)23-18(21)15(19(22)25)17-14(20(23)26)11-5-3-4-6-13(11)27-17/h7-8,24H,3-6,21H2,1-2H3,(H2,22,25). The van der Waals surface area contributed by atoms with E-state index in [-0.39, 0.29) is 22.7 Å². The predicted molar refractivity (Wildman–Crippen MR) is 108 cm³/mol. The molecule has 0 radical (unpaired) electrons. The molecule has 0 bridgehead atoms. The summed E-state index contributed by atoms with van der Waals surface area (Å²) in [6, 6.07) is 3.30. The first-order valence-electron chi connectivity index (χ1n) is 8.91. The highest BCUT2D eigenvalue weighted by atomic mass is 32.1. The first-order chi connectivity index (χ1) is 12.8. The largest absolute Gasteiger partial charge is 0.508 e. The Labute approximate surface area is 160 Å². The summed E-state index contributed by atoms with van der Waals surface area (Å²) in [7, 11) is 0. The number of phenols is 1. The number of pyridine rings is 1. The van der Waals surface area contributed by atoms with Gasteiger partial charge in [-0.25, -0.2) is 0 Å². The van der Waals surface area contributed by atoms with Crippen LogP contribution < -0.4 is 17.0 Å². The molecule has 1 aliphatic rings. The molecule has 0 saturated heterocycles. The van der Waals surface area contributed by atoms with Crippen LogP contribution in [0.4, 0.5) is 5.82 Å². The van der Waals surface area contributed by atoms with Crippen LogP contribution in [0.1, 0.15) is 44.8 Å². The number of aryl methyl sites for hydroxylation is 3. The smallest absolute Gasteiger partial charge is 0.265 e. The van der Waals surface area contributed by atoms with Crippen molar-refractivity contribution in [3.8, 4) is 11.4 Å². The first kappa shape index (κ1) is 17.6. The SMILES string of the molecule is Cc1ccc(O)c(C)c1-n1c(N)c(C(N)=O)c2sc3c(c2c1=O)CCCC3. The molecule has 7 heteroatoms. The molecule has 0 atom stereocenters. The van der Waals surface area contributed by atoms with Crippen LogP contribution in [0.3, 0.4) is 0 Å². The van der Waals surface area contributed by atoms with Gasteiger partial charge in [0.25, 0.3) is 11.5 Å². The van der Waals surface area contributed by atoms with E-state index in [2.05, 4.69) is 0 Å². The van der Waals surface area contributed by atoms with Crippen LogP contribution >= 0.6 is 11.3 Å². The topological polar surface area (TPSA) is 111 Å². The number of nitrogen functional groups attached to an aromatic ring is 1. The molecule has 0 aliphatic heterocycles. The number of amides is 1. The van der Waals surface area contributed by atoms with Crippen LogP contribution in [-0.2, 0) is 12.8 Å². The highest BCUT2D eigenvalue weighted by molar-refractivity contribution is 7.19. The Morgan fingerprint density at radius 2 is 1.93 bits per heavy atom. The molecule has 1 aromatic carbocycles. The van der Waals surface area contributed by atoms with E-state index in [1.807, 2.05) is 6.92 Å². The van der Waals surface area contributed by atoms with Crippen molar-refractivity contribution in [1.29, 1.82) is 0 Å². The third-order valence-corrected chi connectivity index (χ3v) is 6.70. The number of carbonyl (C=O) groups is 1. The normalized spacial score (nSPS) is 13.7. The second kappa shape index (κ2) is 6.13. The molecule has 1 amide bonds. The van der Waals surface area contributed by atoms with Crippen molar-refractivity contribution < 1.29 is 9.90 Å². The number of aromatic hydroxyl groups is 1. The van der Waals surface area contributed by atoms with Gasteiger partial charge in [0.05, 0.1) is 21.3 Å². The zero-order valence-electron chi connectivity index (χ0n) is 15.3. The van der Waals surface area contributed by atoms with Gasteiger partial charge in [-0.3, -0.25) is 14.2 Å². The van der Waals surface area contributed by atoms with Crippen molar-refractivity contribution in [3.05, 3.63) is 49.6 Å². The summed E-state index contributed by atoms with van der Waals surface area (Å²) >= 11 is 1.45. The van der Waals surface area contributed by atoms with E-state index >= 15 is 0 Å². The Bertz CT molecular complexity index is 1170. The van der Waals surface area contributed by atoms with Gasteiger partial charge < -0.3 is 16.6 Å². The molecule has 5 N–H and O–H groups in total. The number of hydrogen-bond donors (Lipinski definition) is 3. The molecule has 2 aromatic heterocycles. The molecule has 1 aliphatic carbocycles. The maximum absolute atomic E-state index is 13.5. The van der Waals surface area contributed by atoms with Gasteiger partial charge >= 0.3 is 0 Å². The summed E-state index contributed by atoms with van der Waals surface area (Å²) in [6.07, 6.45) is 3.79. The van der Waals surface area contributed by atoms with E-state index in [1.165, 1.54) is 15.9 Å². The third kappa shape index (κ3) is 2.45. The summed E-state index contributed by atoms with van der Waals surface area (Å²) in [5, 5.41) is 10.7. The monoisotopic (exact) mass is 383 g/mol. The lowest BCUT2D eigenvalue weighted by Gasteiger charge is -2.19. The van der Waals surface area contributed by atoms with E-state index in [0.717, 1.165) is 41.7 Å². The van der Waals surface area contributed by atoms with Crippen LogP contribution in [0.5, 0.6) is 5.75 Å². The second-order valence-corrected chi connectivity index (χ2v) is 8.16. The molecule has 3 aromatic rings. The molecule has 140 valence electrons. The van der Waals surface area contributed by atoms with E-state index in [4.69, 9.17) is 11.5 Å². The summed E-state index contributed by atoms with van der Waals surface area (Å²) in [6.45, 7) is 3.56. The Hall–Kier alpha value is -2.80. The van der Waals surface area contributed by atoms with Crippen LogP contribution in [0.2, 0.25) is 0 Å². The van der Waals surface area contributed by atoms with Gasteiger partial charge in [-0.1, -0.05) is 6.07 Å². The van der Waals surface area contributed by atoms with Crippen molar-refractivity contribution in [2.45, 2.75) is 39.5 Å². The molecule has 0 spiro atoms. The average Bonchev–Trinajstić information content (AvgIpc) is 3.00. The lowest BCUT2D eigenvalue weighted by Crippen LogP contribution is -2.28. The van der Waals surface area contributed by atoms with E-state index in [0.29, 0.717) is 21.3 Å². The number of nitrogens with two attached hydrogens (primary N) is 2. The minimum atomic E-state index is -0.652. The van der Waals surface area contributed by atoms with Crippen LogP contribution in [0.25, 0.3) is 15.8 Å². The first-order valence-corrected chi connectivity index (χ1v) is 9.72. The van der Waals surface area contributed by atoms with Crippen molar-refractivity contribution >= 4 is 33.1 Å². The zero-order chi connectivity index (χ0) is 19.5. The number of phenolic OH excluding ortho intramolecular Hbond substituents is 1. The van der Waals surface area contributed by atoms with Crippen molar-refractivity contribution in [1.82, 2.24) is 4.57 Å². The van der Waals surface area contributed by atoms with Crippen molar-refractivity contribution in [2.24, 2.45) is 5.73 Å². The van der Waals surface area contributed by atoms with Gasteiger partial charge in [-0.15, -0.1) is 11.3 Å². The van der Waals surface area contributed by atoms with Crippen LogP contribution in [-0.4, -0.2) is 15.6 Å². The zero-order valence-corrected chi connectivity index (χ0v) is 16.1. The minimum absolute atomic E-state index is 0.0235. The van der Waals surface area contributed by atoms with Crippen LogP contribution in [0.15, 0.2) is 16.9 Å². The number of fused-ring (bicyclic) bond motifs is 3. The van der Waals surface area contributed by atoms with Gasteiger partial charge in [0, 0.05) is 10.4 Å². The number of hydrogen-bond acceptors (Lipinski definition) is 5. The lowest BCUT2D eigenvalue weighted by atomic mass is 9.96. The van der Waals surface area contributed by atoms with Gasteiger partial charge in [0.2, 0.25) is 0 Å². The fourth-order valence-electron chi connectivity index (χ4n) is 4.05. The summed E-state index contributed by atoms with van der Waals surface area (Å²) in [5.41, 5.74) is 14.7. The molecule has 0 saturated carbocycles. The number of nitrogens with zero attached hydrogens (tertiary/aromatic N) is 1. The number of benzene rings is 1. The molecule has 27 heavy (non-hydrogen) atoms. The van der Waals surface area contributed by atoms with E-state index in [9.17, 15) is 14.7 Å². The van der Waals surface area contributed by atoms with Gasteiger partial charge in [0.15, 0.2) is 0 Å². The highest BCUT2D eigenvalue weighted by Gasteiger charge is 2.27. The lowest BCUT2D eigenvalue weighted by molar-refractivity contribution is 0.100. The maximum atomic E-state index is 13.5. The molecule has 2 heterocycles. The quantitative estimate of drug-likeness (QED) is 0.632. The minimum Gasteiger partial charge on any atom is -0.508 e. The van der Waals surface area contributed by atoms with Crippen molar-refractivity contribution in [2.75, 3.05) is 5.73 Å². The predicted octanol–water partition coefficient (Wildman–Crippen LogP) is 2.93.